The zero-order valence-electron chi connectivity index (χ0n) is 12.9. The molecular weight excluding hydrogens is 244 g/mol. The van der Waals surface area contributed by atoms with Crippen LogP contribution in [0.15, 0.2) is 24.3 Å². The van der Waals surface area contributed by atoms with E-state index in [4.69, 9.17) is 5.73 Å². The van der Waals surface area contributed by atoms with Gasteiger partial charge in [0.05, 0.1) is 0 Å². The molecule has 2 nitrogen and oxygen atoms in total. The molecular formula is C18H28N2. The van der Waals surface area contributed by atoms with Gasteiger partial charge < -0.3 is 11.1 Å². The summed E-state index contributed by atoms with van der Waals surface area (Å²) in [4.78, 5) is 0. The largest absolute Gasteiger partial charge is 0.329 e. The van der Waals surface area contributed by atoms with Crippen molar-refractivity contribution in [3.8, 4) is 0 Å². The predicted molar refractivity (Wildman–Crippen MR) is 84.8 cm³/mol. The van der Waals surface area contributed by atoms with E-state index in [0.29, 0.717) is 24.0 Å². The SMILES string of the molecule is CC1(C)CCC(NC(CN)c2ccc(C3CC3)cc2)C1. The lowest BCUT2D eigenvalue weighted by Gasteiger charge is -2.24. The van der Waals surface area contributed by atoms with Crippen LogP contribution < -0.4 is 11.1 Å². The molecule has 0 amide bonds. The predicted octanol–water partition coefficient (Wildman–Crippen LogP) is 3.73. The Hall–Kier alpha value is -0.860. The van der Waals surface area contributed by atoms with E-state index < -0.39 is 0 Å². The van der Waals surface area contributed by atoms with E-state index in [0.717, 1.165) is 5.92 Å². The Bertz CT molecular complexity index is 445. The molecule has 2 aliphatic rings. The van der Waals surface area contributed by atoms with Crippen LogP contribution in [0, 0.1) is 5.41 Å². The van der Waals surface area contributed by atoms with Gasteiger partial charge >= 0.3 is 0 Å². The first-order chi connectivity index (χ1) is 9.57. The summed E-state index contributed by atoms with van der Waals surface area (Å²) >= 11 is 0. The fourth-order valence-corrected chi connectivity index (χ4v) is 3.58. The molecule has 2 fully saturated rings. The molecule has 0 aliphatic heterocycles. The Morgan fingerprint density at radius 1 is 1.20 bits per heavy atom. The van der Waals surface area contributed by atoms with Crippen LogP contribution in [0.5, 0.6) is 0 Å². The van der Waals surface area contributed by atoms with Crippen LogP contribution >= 0.6 is 0 Å². The lowest BCUT2D eigenvalue weighted by Crippen LogP contribution is -2.35. The maximum Gasteiger partial charge on any atom is 0.0446 e. The summed E-state index contributed by atoms with van der Waals surface area (Å²) in [6, 6.07) is 10.1. The van der Waals surface area contributed by atoms with Crippen LogP contribution in [0.25, 0.3) is 0 Å². The zero-order valence-corrected chi connectivity index (χ0v) is 12.9. The highest BCUT2D eigenvalue weighted by Gasteiger charge is 2.32. The molecule has 2 saturated carbocycles. The minimum atomic E-state index is 0.308. The van der Waals surface area contributed by atoms with Crippen LogP contribution in [0.1, 0.15) is 69.0 Å². The zero-order chi connectivity index (χ0) is 14.2. The fraction of sp³-hybridized carbons (Fsp3) is 0.667. The highest BCUT2D eigenvalue weighted by molar-refractivity contribution is 5.30. The summed E-state index contributed by atoms with van der Waals surface area (Å²) in [5, 5.41) is 3.78. The first-order valence-electron chi connectivity index (χ1n) is 8.13. The van der Waals surface area contributed by atoms with Crippen molar-refractivity contribution < 1.29 is 0 Å². The highest BCUT2D eigenvalue weighted by atomic mass is 15.0. The third-order valence-electron chi connectivity index (χ3n) is 5.03. The topological polar surface area (TPSA) is 38.0 Å². The number of nitrogens with two attached hydrogens (primary N) is 1. The van der Waals surface area contributed by atoms with Crippen LogP contribution in [0.3, 0.4) is 0 Å². The van der Waals surface area contributed by atoms with E-state index in [2.05, 4.69) is 43.4 Å². The van der Waals surface area contributed by atoms with Gasteiger partial charge in [-0.25, -0.2) is 0 Å². The van der Waals surface area contributed by atoms with Gasteiger partial charge in [0.25, 0.3) is 0 Å². The first kappa shape index (κ1) is 14.1. The summed E-state index contributed by atoms with van der Waals surface area (Å²) in [6.45, 7) is 5.42. The number of rotatable bonds is 5. The number of benzene rings is 1. The van der Waals surface area contributed by atoms with E-state index in [-0.39, 0.29) is 0 Å². The molecule has 0 radical (unpaired) electrons. The molecule has 0 bridgehead atoms. The molecule has 0 heterocycles. The summed E-state index contributed by atoms with van der Waals surface area (Å²) in [7, 11) is 0. The summed E-state index contributed by atoms with van der Waals surface area (Å²) < 4.78 is 0. The molecule has 3 N–H and O–H groups in total. The van der Waals surface area contributed by atoms with Gasteiger partial charge in [-0.2, -0.15) is 0 Å². The van der Waals surface area contributed by atoms with Gasteiger partial charge in [0.2, 0.25) is 0 Å². The molecule has 2 unspecified atom stereocenters. The minimum Gasteiger partial charge on any atom is -0.329 e. The molecule has 0 aromatic heterocycles. The molecule has 20 heavy (non-hydrogen) atoms. The molecule has 3 rings (SSSR count). The third-order valence-corrected chi connectivity index (χ3v) is 5.03. The quantitative estimate of drug-likeness (QED) is 0.857. The molecule has 110 valence electrons. The molecule has 0 saturated heterocycles. The van der Waals surface area contributed by atoms with E-state index in [1.165, 1.54) is 43.2 Å². The smallest absolute Gasteiger partial charge is 0.0446 e. The normalized spacial score (nSPS) is 26.6. The van der Waals surface area contributed by atoms with Gasteiger partial charge in [0, 0.05) is 18.6 Å². The van der Waals surface area contributed by atoms with Gasteiger partial charge in [-0.3, -0.25) is 0 Å². The maximum absolute atomic E-state index is 6.00. The van der Waals surface area contributed by atoms with Crippen molar-refractivity contribution in [3.63, 3.8) is 0 Å². The molecule has 2 heteroatoms. The van der Waals surface area contributed by atoms with Crippen LogP contribution in [-0.2, 0) is 0 Å². The molecule has 1 aromatic carbocycles. The van der Waals surface area contributed by atoms with Crippen molar-refractivity contribution in [2.45, 2.75) is 64.0 Å². The Morgan fingerprint density at radius 2 is 1.90 bits per heavy atom. The van der Waals surface area contributed by atoms with Gasteiger partial charge in [0.1, 0.15) is 0 Å². The Labute approximate surface area is 123 Å². The lowest BCUT2D eigenvalue weighted by atomic mass is 9.91. The second kappa shape index (κ2) is 5.50. The lowest BCUT2D eigenvalue weighted by molar-refractivity contribution is 0.353. The average Bonchev–Trinajstić information content (AvgIpc) is 3.22. The van der Waals surface area contributed by atoms with Gasteiger partial charge in [-0.1, -0.05) is 38.1 Å². The summed E-state index contributed by atoms with van der Waals surface area (Å²) in [6.07, 6.45) is 6.61. The minimum absolute atomic E-state index is 0.308. The molecule has 2 atom stereocenters. The second-order valence-electron chi connectivity index (χ2n) is 7.50. The fourth-order valence-electron chi connectivity index (χ4n) is 3.58. The number of hydrogen-bond donors (Lipinski definition) is 2. The molecule has 0 spiro atoms. The van der Waals surface area contributed by atoms with Crippen molar-refractivity contribution in [3.05, 3.63) is 35.4 Å². The Kier molecular flexibility index (Phi) is 3.87. The van der Waals surface area contributed by atoms with Crippen LogP contribution in [-0.4, -0.2) is 12.6 Å². The van der Waals surface area contributed by atoms with E-state index in [9.17, 15) is 0 Å². The van der Waals surface area contributed by atoms with E-state index >= 15 is 0 Å². The highest BCUT2D eigenvalue weighted by Crippen LogP contribution is 2.40. The van der Waals surface area contributed by atoms with Crippen molar-refractivity contribution in [1.82, 2.24) is 5.32 Å². The van der Waals surface area contributed by atoms with Crippen LogP contribution in [0.2, 0.25) is 0 Å². The average molecular weight is 272 g/mol. The second-order valence-corrected chi connectivity index (χ2v) is 7.50. The van der Waals surface area contributed by atoms with Crippen molar-refractivity contribution in [2.75, 3.05) is 6.54 Å². The monoisotopic (exact) mass is 272 g/mol. The number of hydrogen-bond acceptors (Lipinski definition) is 2. The van der Waals surface area contributed by atoms with Gasteiger partial charge in [-0.15, -0.1) is 0 Å². The Morgan fingerprint density at radius 3 is 2.40 bits per heavy atom. The van der Waals surface area contributed by atoms with Crippen molar-refractivity contribution in [2.24, 2.45) is 11.1 Å². The van der Waals surface area contributed by atoms with E-state index in [1.54, 1.807) is 0 Å². The maximum atomic E-state index is 6.00. The first-order valence-corrected chi connectivity index (χ1v) is 8.13. The standard InChI is InChI=1S/C18H28N2/c1-18(2)10-9-16(11-18)20-17(12-19)15-7-5-14(6-8-15)13-3-4-13/h5-8,13,16-17,20H,3-4,9-12,19H2,1-2H3. The van der Waals surface area contributed by atoms with Crippen molar-refractivity contribution in [1.29, 1.82) is 0 Å². The van der Waals surface area contributed by atoms with Gasteiger partial charge in [-0.05, 0) is 54.6 Å². The number of nitrogens with one attached hydrogen (secondary N) is 1. The summed E-state index contributed by atoms with van der Waals surface area (Å²) in [5.74, 6) is 0.837. The third kappa shape index (κ3) is 3.24. The van der Waals surface area contributed by atoms with Gasteiger partial charge in [0.15, 0.2) is 0 Å². The molecule has 1 aromatic rings. The van der Waals surface area contributed by atoms with Crippen LogP contribution in [0.4, 0.5) is 0 Å². The van der Waals surface area contributed by atoms with Crippen molar-refractivity contribution >= 4 is 0 Å². The molecule has 2 aliphatic carbocycles. The Balaban J connectivity index is 1.63. The van der Waals surface area contributed by atoms with E-state index in [1.807, 2.05) is 0 Å². The summed E-state index contributed by atoms with van der Waals surface area (Å²) in [5.41, 5.74) is 9.35.